The highest BCUT2D eigenvalue weighted by Crippen LogP contribution is 2.32. The van der Waals surface area contributed by atoms with Crippen LogP contribution in [0.25, 0.3) is 0 Å². The molecule has 1 heterocycles. The first kappa shape index (κ1) is 8.52. The van der Waals surface area contributed by atoms with Gasteiger partial charge in [-0.05, 0) is 18.4 Å². The molecule has 1 saturated carbocycles. The topological polar surface area (TPSA) is 38.0 Å². The van der Waals surface area contributed by atoms with Gasteiger partial charge >= 0.3 is 0 Å². The van der Waals surface area contributed by atoms with Gasteiger partial charge in [-0.1, -0.05) is 32.1 Å². The fraction of sp³-hybridized carbons (Fsp3) is 1.00. The molecular formula is C10H20N2. The summed E-state index contributed by atoms with van der Waals surface area (Å²) in [6.45, 7) is 2.22. The van der Waals surface area contributed by atoms with Crippen LogP contribution >= 0.6 is 0 Å². The summed E-state index contributed by atoms with van der Waals surface area (Å²) in [6.07, 6.45) is 7.19. The number of nitrogens with one attached hydrogen (secondary N) is 1. The van der Waals surface area contributed by atoms with Gasteiger partial charge in [-0.2, -0.15) is 0 Å². The summed E-state index contributed by atoms with van der Waals surface area (Å²) < 4.78 is 0. The molecule has 0 aromatic carbocycles. The molecular weight excluding hydrogens is 148 g/mol. The minimum Gasteiger partial charge on any atom is -0.326 e. The van der Waals surface area contributed by atoms with Crippen LogP contribution < -0.4 is 11.1 Å². The van der Waals surface area contributed by atoms with Crippen LogP contribution in [0.5, 0.6) is 0 Å². The lowest BCUT2D eigenvalue weighted by Crippen LogP contribution is -2.34. The Kier molecular flexibility index (Phi) is 2.66. The third-order valence-corrected chi connectivity index (χ3v) is 3.57. The lowest BCUT2D eigenvalue weighted by atomic mass is 9.78. The van der Waals surface area contributed by atoms with E-state index in [1.807, 2.05) is 0 Å². The highest BCUT2D eigenvalue weighted by Gasteiger charge is 2.31. The van der Waals surface area contributed by atoms with Crippen LogP contribution in [0.15, 0.2) is 0 Å². The summed E-state index contributed by atoms with van der Waals surface area (Å²) >= 11 is 0. The van der Waals surface area contributed by atoms with Gasteiger partial charge in [0.25, 0.3) is 0 Å². The highest BCUT2D eigenvalue weighted by atomic mass is 15.0. The van der Waals surface area contributed by atoms with E-state index in [0.717, 1.165) is 18.4 Å². The molecule has 0 unspecified atom stereocenters. The molecule has 0 spiro atoms. The Balaban J connectivity index is 1.89. The Morgan fingerprint density at radius 3 is 2.33 bits per heavy atom. The Morgan fingerprint density at radius 2 is 1.75 bits per heavy atom. The van der Waals surface area contributed by atoms with Gasteiger partial charge in [-0.3, -0.25) is 0 Å². The van der Waals surface area contributed by atoms with Gasteiger partial charge in [-0.25, -0.2) is 0 Å². The molecule has 0 radical (unpaired) electrons. The largest absolute Gasteiger partial charge is 0.326 e. The first-order valence-electron chi connectivity index (χ1n) is 5.34. The van der Waals surface area contributed by atoms with Crippen molar-refractivity contribution >= 4 is 0 Å². The molecule has 0 aromatic rings. The quantitative estimate of drug-likeness (QED) is 0.615. The molecule has 1 saturated heterocycles. The molecule has 0 aromatic heterocycles. The number of hydrogen-bond donors (Lipinski definition) is 2. The zero-order chi connectivity index (χ0) is 8.39. The van der Waals surface area contributed by atoms with E-state index in [-0.39, 0.29) is 0 Å². The SMILES string of the molecule is N[C@H]1CNC[C@H]1C1CCCCC1. The van der Waals surface area contributed by atoms with E-state index in [1.165, 1.54) is 38.6 Å². The van der Waals surface area contributed by atoms with Gasteiger partial charge in [-0.15, -0.1) is 0 Å². The maximum absolute atomic E-state index is 6.05. The predicted molar refractivity (Wildman–Crippen MR) is 50.9 cm³/mol. The zero-order valence-electron chi connectivity index (χ0n) is 7.76. The molecule has 1 aliphatic heterocycles. The summed E-state index contributed by atoms with van der Waals surface area (Å²) in [5.41, 5.74) is 6.05. The van der Waals surface area contributed by atoms with E-state index in [2.05, 4.69) is 5.32 Å². The summed E-state index contributed by atoms with van der Waals surface area (Å²) in [7, 11) is 0. The van der Waals surface area contributed by atoms with Crippen molar-refractivity contribution in [1.29, 1.82) is 0 Å². The van der Waals surface area contributed by atoms with Gasteiger partial charge in [0.1, 0.15) is 0 Å². The van der Waals surface area contributed by atoms with Gasteiger partial charge in [0, 0.05) is 12.6 Å². The second-order valence-electron chi connectivity index (χ2n) is 4.38. The summed E-state index contributed by atoms with van der Waals surface area (Å²) in [6, 6.07) is 0.438. The number of nitrogens with two attached hydrogens (primary N) is 1. The Labute approximate surface area is 74.9 Å². The van der Waals surface area contributed by atoms with Crippen molar-refractivity contribution in [2.75, 3.05) is 13.1 Å². The van der Waals surface area contributed by atoms with Crippen LogP contribution in [0.1, 0.15) is 32.1 Å². The fourth-order valence-electron chi connectivity index (χ4n) is 2.80. The molecule has 2 rings (SSSR count). The molecule has 3 N–H and O–H groups in total. The molecule has 1 aliphatic carbocycles. The van der Waals surface area contributed by atoms with E-state index in [9.17, 15) is 0 Å². The van der Waals surface area contributed by atoms with E-state index < -0.39 is 0 Å². The van der Waals surface area contributed by atoms with Crippen molar-refractivity contribution < 1.29 is 0 Å². The van der Waals surface area contributed by atoms with Crippen molar-refractivity contribution in [1.82, 2.24) is 5.32 Å². The van der Waals surface area contributed by atoms with Gasteiger partial charge < -0.3 is 11.1 Å². The Bertz CT molecular complexity index is 141. The number of hydrogen-bond acceptors (Lipinski definition) is 2. The molecule has 2 heteroatoms. The van der Waals surface area contributed by atoms with Crippen LogP contribution in [-0.4, -0.2) is 19.1 Å². The van der Waals surface area contributed by atoms with Crippen LogP contribution in [0.3, 0.4) is 0 Å². The molecule has 0 amide bonds. The van der Waals surface area contributed by atoms with Crippen molar-refractivity contribution in [3.63, 3.8) is 0 Å². The standard InChI is InChI=1S/C10H20N2/c11-10-7-12-6-9(10)8-4-2-1-3-5-8/h8-10,12H,1-7,11H2/t9-,10-/m0/s1. The van der Waals surface area contributed by atoms with Crippen molar-refractivity contribution in [2.24, 2.45) is 17.6 Å². The number of rotatable bonds is 1. The normalized spacial score (nSPS) is 38.8. The van der Waals surface area contributed by atoms with Crippen molar-refractivity contribution in [3.05, 3.63) is 0 Å². The van der Waals surface area contributed by atoms with Gasteiger partial charge in [0.05, 0.1) is 0 Å². The van der Waals surface area contributed by atoms with E-state index in [0.29, 0.717) is 6.04 Å². The van der Waals surface area contributed by atoms with Gasteiger partial charge in [0.15, 0.2) is 0 Å². The Morgan fingerprint density at radius 1 is 1.00 bits per heavy atom. The van der Waals surface area contributed by atoms with Crippen LogP contribution in [-0.2, 0) is 0 Å². The predicted octanol–water partition coefficient (Wildman–Crippen LogP) is 1.11. The summed E-state index contributed by atoms with van der Waals surface area (Å²) in [4.78, 5) is 0. The van der Waals surface area contributed by atoms with E-state index in [4.69, 9.17) is 5.73 Å². The molecule has 2 fully saturated rings. The molecule has 70 valence electrons. The third kappa shape index (κ3) is 1.64. The second-order valence-corrected chi connectivity index (χ2v) is 4.38. The van der Waals surface area contributed by atoms with Gasteiger partial charge in [0.2, 0.25) is 0 Å². The Hall–Kier alpha value is -0.0800. The maximum Gasteiger partial charge on any atom is 0.0208 e. The monoisotopic (exact) mass is 168 g/mol. The average molecular weight is 168 g/mol. The molecule has 2 atom stereocenters. The lowest BCUT2D eigenvalue weighted by Gasteiger charge is -2.29. The third-order valence-electron chi connectivity index (χ3n) is 3.57. The van der Waals surface area contributed by atoms with E-state index in [1.54, 1.807) is 0 Å². The van der Waals surface area contributed by atoms with Crippen LogP contribution in [0, 0.1) is 11.8 Å². The van der Waals surface area contributed by atoms with E-state index >= 15 is 0 Å². The molecule has 2 nitrogen and oxygen atoms in total. The average Bonchev–Trinajstić information content (AvgIpc) is 2.53. The minimum atomic E-state index is 0.438. The second kappa shape index (κ2) is 3.75. The highest BCUT2D eigenvalue weighted by molar-refractivity contribution is 4.89. The summed E-state index contributed by atoms with van der Waals surface area (Å²) in [5.74, 6) is 1.72. The zero-order valence-corrected chi connectivity index (χ0v) is 7.76. The van der Waals surface area contributed by atoms with Crippen molar-refractivity contribution in [2.45, 2.75) is 38.1 Å². The first-order valence-corrected chi connectivity index (χ1v) is 5.34. The fourth-order valence-corrected chi connectivity index (χ4v) is 2.80. The van der Waals surface area contributed by atoms with Crippen LogP contribution in [0.2, 0.25) is 0 Å². The maximum atomic E-state index is 6.05. The molecule has 2 aliphatic rings. The molecule has 12 heavy (non-hydrogen) atoms. The minimum absolute atomic E-state index is 0.438. The van der Waals surface area contributed by atoms with Crippen molar-refractivity contribution in [3.8, 4) is 0 Å². The molecule has 0 bridgehead atoms. The lowest BCUT2D eigenvalue weighted by molar-refractivity contribution is 0.247. The first-order chi connectivity index (χ1) is 5.88. The van der Waals surface area contributed by atoms with Crippen LogP contribution in [0.4, 0.5) is 0 Å². The smallest absolute Gasteiger partial charge is 0.0208 e. The summed E-state index contributed by atoms with van der Waals surface area (Å²) in [5, 5.41) is 3.39.